The Labute approximate surface area is 129 Å². The number of amides is 1. The van der Waals surface area contributed by atoms with Gasteiger partial charge in [-0.3, -0.25) is 14.7 Å². The minimum atomic E-state index is 0.0410. The number of pyridine rings is 1. The number of likely N-dealkylation sites (N-methyl/N-ethyl adjacent to an activating group) is 1. The number of nitrogens with zero attached hydrogens (tertiary/aromatic N) is 2. The first kappa shape index (κ1) is 15.7. The zero-order valence-corrected chi connectivity index (χ0v) is 13.4. The van der Waals surface area contributed by atoms with E-state index in [1.807, 2.05) is 48.5 Å². The molecule has 0 aliphatic heterocycles. The van der Waals surface area contributed by atoms with Crippen LogP contribution >= 0.6 is 11.3 Å². The number of carbonyl (C=O) groups excluding carboxylic acids is 1. The summed E-state index contributed by atoms with van der Waals surface area (Å²) in [5.41, 5.74) is 1.16. The number of aromatic nitrogens is 1. The van der Waals surface area contributed by atoms with Crippen molar-refractivity contribution in [3.63, 3.8) is 0 Å². The van der Waals surface area contributed by atoms with Gasteiger partial charge in [0.05, 0.1) is 12.6 Å². The summed E-state index contributed by atoms with van der Waals surface area (Å²) >= 11 is 1.66. The fourth-order valence-electron chi connectivity index (χ4n) is 2.16. The van der Waals surface area contributed by atoms with E-state index < -0.39 is 0 Å². The average molecular weight is 303 g/mol. The van der Waals surface area contributed by atoms with Gasteiger partial charge < -0.3 is 5.32 Å². The van der Waals surface area contributed by atoms with Crippen LogP contribution in [0, 0.1) is 0 Å². The third-order valence-electron chi connectivity index (χ3n) is 3.59. The standard InChI is InChI=1S/C16H21N3OS/c1-12(15-5-4-10-21-15)18-16(20)11-19(3)13(2)14-6-8-17-9-7-14/h4-10,12-13H,11H2,1-3H3,(H,18,20). The molecule has 0 bridgehead atoms. The lowest BCUT2D eigenvalue weighted by atomic mass is 10.1. The van der Waals surface area contributed by atoms with E-state index in [1.165, 1.54) is 4.88 Å². The number of carbonyl (C=O) groups is 1. The molecule has 0 saturated carbocycles. The van der Waals surface area contributed by atoms with E-state index >= 15 is 0 Å². The number of hydrogen-bond acceptors (Lipinski definition) is 4. The zero-order valence-electron chi connectivity index (χ0n) is 12.6. The van der Waals surface area contributed by atoms with Gasteiger partial charge in [-0.1, -0.05) is 6.07 Å². The molecule has 4 nitrogen and oxygen atoms in total. The topological polar surface area (TPSA) is 45.2 Å². The van der Waals surface area contributed by atoms with Crippen LogP contribution in [0.3, 0.4) is 0 Å². The van der Waals surface area contributed by atoms with E-state index in [1.54, 1.807) is 23.7 Å². The molecule has 1 amide bonds. The summed E-state index contributed by atoms with van der Waals surface area (Å²) in [4.78, 5) is 19.4. The molecule has 2 rings (SSSR count). The first-order valence-corrected chi connectivity index (χ1v) is 7.89. The Bertz CT molecular complexity index is 556. The molecular weight excluding hydrogens is 282 g/mol. The summed E-state index contributed by atoms with van der Waals surface area (Å²) in [5.74, 6) is 0.0410. The molecule has 2 aromatic heterocycles. The molecule has 112 valence electrons. The smallest absolute Gasteiger partial charge is 0.234 e. The van der Waals surface area contributed by atoms with Crippen LogP contribution in [0.4, 0.5) is 0 Å². The second-order valence-electron chi connectivity index (χ2n) is 5.18. The molecule has 0 fully saturated rings. The van der Waals surface area contributed by atoms with Gasteiger partial charge in [0, 0.05) is 23.3 Å². The molecule has 2 aromatic rings. The molecular formula is C16H21N3OS. The lowest BCUT2D eigenvalue weighted by Crippen LogP contribution is -2.37. The quantitative estimate of drug-likeness (QED) is 0.892. The number of rotatable bonds is 6. The van der Waals surface area contributed by atoms with Gasteiger partial charge in [-0.15, -0.1) is 11.3 Å². The molecule has 2 unspecified atom stereocenters. The molecule has 21 heavy (non-hydrogen) atoms. The zero-order chi connectivity index (χ0) is 15.2. The van der Waals surface area contributed by atoms with Crippen LogP contribution in [-0.4, -0.2) is 29.4 Å². The second-order valence-corrected chi connectivity index (χ2v) is 6.16. The predicted molar refractivity (Wildman–Crippen MR) is 86.2 cm³/mol. The summed E-state index contributed by atoms with van der Waals surface area (Å²) in [6, 6.07) is 8.23. The van der Waals surface area contributed by atoms with Crippen molar-refractivity contribution in [3.8, 4) is 0 Å². The van der Waals surface area contributed by atoms with Crippen LogP contribution in [0.2, 0.25) is 0 Å². The van der Waals surface area contributed by atoms with Crippen LogP contribution < -0.4 is 5.32 Å². The number of nitrogens with one attached hydrogen (secondary N) is 1. The molecule has 5 heteroatoms. The van der Waals surface area contributed by atoms with Crippen LogP contribution in [0.5, 0.6) is 0 Å². The summed E-state index contributed by atoms with van der Waals surface area (Å²) in [7, 11) is 1.96. The van der Waals surface area contributed by atoms with Crippen molar-refractivity contribution in [2.75, 3.05) is 13.6 Å². The maximum atomic E-state index is 12.1. The minimum absolute atomic E-state index is 0.0410. The molecule has 0 aliphatic rings. The largest absolute Gasteiger partial charge is 0.348 e. The van der Waals surface area contributed by atoms with Gasteiger partial charge in [0.25, 0.3) is 0 Å². The maximum absolute atomic E-state index is 12.1. The van der Waals surface area contributed by atoms with Crippen molar-refractivity contribution in [1.82, 2.24) is 15.2 Å². The Balaban J connectivity index is 1.87. The highest BCUT2D eigenvalue weighted by molar-refractivity contribution is 7.10. The van der Waals surface area contributed by atoms with Gasteiger partial charge in [0.1, 0.15) is 0 Å². The van der Waals surface area contributed by atoms with Gasteiger partial charge >= 0.3 is 0 Å². The summed E-state index contributed by atoms with van der Waals surface area (Å²) in [6.45, 7) is 4.47. The number of thiophene rings is 1. The van der Waals surface area contributed by atoms with Gasteiger partial charge in [-0.25, -0.2) is 0 Å². The molecule has 2 atom stereocenters. The molecule has 0 radical (unpaired) electrons. The molecule has 0 spiro atoms. The van der Waals surface area contributed by atoms with Crippen molar-refractivity contribution >= 4 is 17.2 Å². The van der Waals surface area contributed by atoms with Gasteiger partial charge in [-0.2, -0.15) is 0 Å². The van der Waals surface area contributed by atoms with Gasteiger partial charge in [0.2, 0.25) is 5.91 Å². The highest BCUT2D eigenvalue weighted by Crippen LogP contribution is 2.19. The SMILES string of the molecule is CC(NC(=O)CN(C)C(C)c1ccncc1)c1cccs1. The second kappa shape index (κ2) is 7.33. The normalized spacial score (nSPS) is 13.9. The highest BCUT2D eigenvalue weighted by Gasteiger charge is 2.16. The van der Waals surface area contributed by atoms with E-state index in [4.69, 9.17) is 0 Å². The Hall–Kier alpha value is -1.72. The van der Waals surface area contributed by atoms with Gasteiger partial charge in [-0.05, 0) is 50.0 Å². The van der Waals surface area contributed by atoms with E-state index in [-0.39, 0.29) is 18.0 Å². The first-order chi connectivity index (χ1) is 10.1. The minimum Gasteiger partial charge on any atom is -0.348 e. The molecule has 0 saturated heterocycles. The average Bonchev–Trinajstić information content (AvgIpc) is 3.01. The third kappa shape index (κ3) is 4.37. The lowest BCUT2D eigenvalue weighted by Gasteiger charge is -2.25. The summed E-state index contributed by atoms with van der Waals surface area (Å²) in [6.07, 6.45) is 3.55. The first-order valence-electron chi connectivity index (χ1n) is 7.01. The third-order valence-corrected chi connectivity index (χ3v) is 4.65. The van der Waals surface area contributed by atoms with Crippen molar-refractivity contribution in [2.45, 2.75) is 25.9 Å². The van der Waals surface area contributed by atoms with Crippen molar-refractivity contribution in [3.05, 3.63) is 52.5 Å². The van der Waals surface area contributed by atoms with Gasteiger partial charge in [0.15, 0.2) is 0 Å². The van der Waals surface area contributed by atoms with E-state index in [9.17, 15) is 4.79 Å². The van der Waals surface area contributed by atoms with E-state index in [0.29, 0.717) is 6.54 Å². The Morgan fingerprint density at radius 1 is 1.33 bits per heavy atom. The van der Waals surface area contributed by atoms with Crippen molar-refractivity contribution in [2.24, 2.45) is 0 Å². The fraction of sp³-hybridized carbons (Fsp3) is 0.375. The van der Waals surface area contributed by atoms with Crippen LogP contribution in [0.25, 0.3) is 0 Å². The van der Waals surface area contributed by atoms with Crippen LogP contribution in [-0.2, 0) is 4.79 Å². The fourth-order valence-corrected chi connectivity index (χ4v) is 2.89. The Morgan fingerprint density at radius 3 is 2.67 bits per heavy atom. The molecule has 1 N–H and O–H groups in total. The monoisotopic (exact) mass is 303 g/mol. The lowest BCUT2D eigenvalue weighted by molar-refractivity contribution is -0.123. The van der Waals surface area contributed by atoms with E-state index in [0.717, 1.165) is 5.56 Å². The van der Waals surface area contributed by atoms with Crippen molar-refractivity contribution in [1.29, 1.82) is 0 Å². The Kier molecular flexibility index (Phi) is 5.47. The maximum Gasteiger partial charge on any atom is 0.234 e. The molecule has 2 heterocycles. The van der Waals surface area contributed by atoms with E-state index in [2.05, 4.69) is 17.2 Å². The highest BCUT2D eigenvalue weighted by atomic mass is 32.1. The summed E-state index contributed by atoms with van der Waals surface area (Å²) < 4.78 is 0. The predicted octanol–water partition coefficient (Wildman–Crippen LogP) is 3.01. The van der Waals surface area contributed by atoms with Crippen LogP contribution in [0.15, 0.2) is 42.0 Å². The molecule has 0 aromatic carbocycles. The van der Waals surface area contributed by atoms with Crippen molar-refractivity contribution < 1.29 is 4.79 Å². The summed E-state index contributed by atoms with van der Waals surface area (Å²) in [5, 5.41) is 5.06. The number of hydrogen-bond donors (Lipinski definition) is 1. The molecule has 0 aliphatic carbocycles. The van der Waals surface area contributed by atoms with Crippen LogP contribution in [0.1, 0.15) is 36.4 Å². The Morgan fingerprint density at radius 2 is 2.05 bits per heavy atom.